The van der Waals surface area contributed by atoms with Gasteiger partial charge in [-0.1, -0.05) is 12.1 Å². The molecular weight excluding hydrogens is 260 g/mol. The van der Waals surface area contributed by atoms with E-state index >= 15 is 0 Å². The standard InChI is InChI=1S/C17H20N4/c1-12-9-19-17(20-12)14-6-8-21(11-14)10-13-3-2-4-16-15(13)5-7-18-16/h2-5,7,9,14,18H,6,8,10-11H2,1H3,(H,19,20)/t14-/m0/s1. The average Bonchev–Trinajstić information content (AvgIpc) is 3.18. The molecule has 21 heavy (non-hydrogen) atoms. The largest absolute Gasteiger partial charge is 0.361 e. The zero-order chi connectivity index (χ0) is 14.2. The minimum Gasteiger partial charge on any atom is -0.361 e. The molecule has 3 heterocycles. The minimum absolute atomic E-state index is 0.545. The van der Waals surface area contributed by atoms with Crippen LogP contribution in [0.25, 0.3) is 10.9 Å². The van der Waals surface area contributed by atoms with Crippen LogP contribution in [0.3, 0.4) is 0 Å². The maximum Gasteiger partial charge on any atom is 0.110 e. The molecule has 0 spiro atoms. The highest BCUT2D eigenvalue weighted by Crippen LogP contribution is 2.27. The number of H-pyrrole nitrogens is 2. The lowest BCUT2D eigenvalue weighted by Crippen LogP contribution is -2.20. The number of benzene rings is 1. The van der Waals surface area contributed by atoms with Gasteiger partial charge in [0.05, 0.1) is 0 Å². The van der Waals surface area contributed by atoms with Crippen molar-refractivity contribution in [3.05, 3.63) is 53.7 Å². The highest BCUT2D eigenvalue weighted by atomic mass is 15.2. The Balaban J connectivity index is 1.50. The first kappa shape index (κ1) is 12.7. The number of hydrogen-bond acceptors (Lipinski definition) is 2. The number of hydrogen-bond donors (Lipinski definition) is 2. The molecule has 3 aromatic rings. The first-order chi connectivity index (χ1) is 10.3. The summed E-state index contributed by atoms with van der Waals surface area (Å²) in [4.78, 5) is 13.7. The number of fused-ring (bicyclic) bond motifs is 1. The summed E-state index contributed by atoms with van der Waals surface area (Å²) in [6.45, 7) is 5.32. The monoisotopic (exact) mass is 280 g/mol. The van der Waals surface area contributed by atoms with Gasteiger partial charge in [-0.3, -0.25) is 4.90 Å². The molecule has 0 aliphatic carbocycles. The summed E-state index contributed by atoms with van der Waals surface area (Å²) in [5.41, 5.74) is 3.79. The third kappa shape index (κ3) is 2.36. The number of rotatable bonds is 3. The fourth-order valence-corrected chi connectivity index (χ4v) is 3.37. The summed E-state index contributed by atoms with van der Waals surface area (Å²) in [6, 6.07) is 8.68. The first-order valence-electron chi connectivity index (χ1n) is 7.58. The van der Waals surface area contributed by atoms with E-state index in [1.807, 2.05) is 12.4 Å². The number of aromatic nitrogens is 3. The van der Waals surface area contributed by atoms with Gasteiger partial charge in [-0.05, 0) is 37.6 Å². The van der Waals surface area contributed by atoms with Crippen molar-refractivity contribution >= 4 is 10.9 Å². The Bertz CT molecular complexity index is 755. The number of nitrogens with one attached hydrogen (secondary N) is 2. The molecule has 0 unspecified atom stereocenters. The van der Waals surface area contributed by atoms with Gasteiger partial charge in [0.15, 0.2) is 0 Å². The Labute approximate surface area is 124 Å². The van der Waals surface area contributed by atoms with Gasteiger partial charge in [-0.25, -0.2) is 4.98 Å². The van der Waals surface area contributed by atoms with Crippen LogP contribution >= 0.6 is 0 Å². The predicted octanol–water partition coefficient (Wildman–Crippen LogP) is 3.19. The van der Waals surface area contributed by atoms with Crippen LogP contribution in [0.5, 0.6) is 0 Å². The van der Waals surface area contributed by atoms with E-state index in [1.165, 1.54) is 22.9 Å². The lowest BCUT2D eigenvalue weighted by Gasteiger charge is -2.16. The van der Waals surface area contributed by atoms with Crippen LogP contribution in [0.15, 0.2) is 36.7 Å². The van der Waals surface area contributed by atoms with Gasteiger partial charge >= 0.3 is 0 Å². The van der Waals surface area contributed by atoms with Gasteiger partial charge < -0.3 is 9.97 Å². The van der Waals surface area contributed by atoms with Gasteiger partial charge in [0.2, 0.25) is 0 Å². The molecule has 108 valence electrons. The van der Waals surface area contributed by atoms with Crippen LogP contribution in [0.2, 0.25) is 0 Å². The molecule has 4 nitrogen and oxygen atoms in total. The second kappa shape index (κ2) is 5.04. The molecule has 1 fully saturated rings. The van der Waals surface area contributed by atoms with E-state index in [-0.39, 0.29) is 0 Å². The normalized spacial score (nSPS) is 19.6. The van der Waals surface area contributed by atoms with Crippen LogP contribution in [-0.2, 0) is 6.54 Å². The number of likely N-dealkylation sites (tertiary alicyclic amines) is 1. The van der Waals surface area contributed by atoms with Crippen molar-refractivity contribution in [3.8, 4) is 0 Å². The Morgan fingerprint density at radius 2 is 2.29 bits per heavy atom. The molecule has 1 aliphatic rings. The van der Waals surface area contributed by atoms with Gasteiger partial charge in [0.1, 0.15) is 5.82 Å². The second-order valence-electron chi connectivity index (χ2n) is 6.03. The number of imidazole rings is 1. The number of nitrogens with zero attached hydrogens (tertiary/aromatic N) is 2. The Kier molecular flexibility index (Phi) is 3.04. The molecule has 4 rings (SSSR count). The van der Waals surface area contributed by atoms with E-state index < -0.39 is 0 Å². The summed E-state index contributed by atoms with van der Waals surface area (Å²) in [5, 5.41) is 1.34. The lowest BCUT2D eigenvalue weighted by atomic mass is 10.1. The third-order valence-electron chi connectivity index (χ3n) is 4.46. The summed E-state index contributed by atoms with van der Waals surface area (Å²) in [7, 11) is 0. The van der Waals surface area contributed by atoms with E-state index in [2.05, 4.69) is 51.0 Å². The summed E-state index contributed by atoms with van der Waals surface area (Å²) < 4.78 is 0. The topological polar surface area (TPSA) is 47.7 Å². The highest BCUT2D eigenvalue weighted by molar-refractivity contribution is 5.82. The molecule has 2 N–H and O–H groups in total. The zero-order valence-electron chi connectivity index (χ0n) is 12.3. The van der Waals surface area contributed by atoms with Gasteiger partial charge in [0, 0.05) is 48.0 Å². The average molecular weight is 280 g/mol. The van der Waals surface area contributed by atoms with Crippen molar-refractivity contribution in [2.24, 2.45) is 0 Å². The molecule has 1 atom stereocenters. The van der Waals surface area contributed by atoms with Crippen LogP contribution < -0.4 is 0 Å². The smallest absolute Gasteiger partial charge is 0.110 e. The third-order valence-corrected chi connectivity index (χ3v) is 4.46. The van der Waals surface area contributed by atoms with E-state index in [9.17, 15) is 0 Å². The van der Waals surface area contributed by atoms with E-state index in [0.29, 0.717) is 5.92 Å². The highest BCUT2D eigenvalue weighted by Gasteiger charge is 2.26. The molecule has 0 amide bonds. The van der Waals surface area contributed by atoms with Crippen LogP contribution in [0.1, 0.15) is 29.4 Å². The quantitative estimate of drug-likeness (QED) is 0.774. The molecule has 1 aromatic carbocycles. The van der Waals surface area contributed by atoms with Crippen LogP contribution in [0.4, 0.5) is 0 Å². The van der Waals surface area contributed by atoms with Crippen LogP contribution in [0, 0.1) is 6.92 Å². The van der Waals surface area contributed by atoms with E-state index in [0.717, 1.165) is 31.2 Å². The lowest BCUT2D eigenvalue weighted by molar-refractivity contribution is 0.327. The molecule has 2 aromatic heterocycles. The minimum atomic E-state index is 0.545. The van der Waals surface area contributed by atoms with Crippen molar-refractivity contribution in [2.75, 3.05) is 13.1 Å². The van der Waals surface area contributed by atoms with Crippen molar-refractivity contribution in [2.45, 2.75) is 25.8 Å². The molecule has 4 heteroatoms. The second-order valence-corrected chi connectivity index (χ2v) is 6.03. The zero-order valence-corrected chi connectivity index (χ0v) is 12.3. The Morgan fingerprint density at radius 1 is 1.33 bits per heavy atom. The maximum absolute atomic E-state index is 4.49. The fourth-order valence-electron chi connectivity index (χ4n) is 3.37. The molecule has 0 saturated carbocycles. The summed E-state index contributed by atoms with van der Waals surface area (Å²) in [6.07, 6.45) is 5.14. The number of aryl methyl sites for hydroxylation is 1. The fraction of sp³-hybridized carbons (Fsp3) is 0.353. The van der Waals surface area contributed by atoms with Gasteiger partial charge in [0.25, 0.3) is 0 Å². The molecule has 0 radical (unpaired) electrons. The summed E-state index contributed by atoms with van der Waals surface area (Å²) >= 11 is 0. The first-order valence-corrected chi connectivity index (χ1v) is 7.58. The van der Waals surface area contributed by atoms with Crippen molar-refractivity contribution in [3.63, 3.8) is 0 Å². The van der Waals surface area contributed by atoms with Crippen molar-refractivity contribution in [1.29, 1.82) is 0 Å². The maximum atomic E-state index is 4.49. The SMILES string of the molecule is Cc1cnc([C@H]2CCN(Cc3cccc4[nH]ccc34)C2)[nH]1. The van der Waals surface area contributed by atoms with Crippen LogP contribution in [-0.4, -0.2) is 32.9 Å². The summed E-state index contributed by atoms with van der Waals surface area (Å²) in [5.74, 6) is 1.69. The molecule has 1 saturated heterocycles. The molecule has 1 aliphatic heterocycles. The number of aromatic amines is 2. The molecular formula is C17H20N4. The van der Waals surface area contributed by atoms with E-state index in [1.54, 1.807) is 0 Å². The Hall–Kier alpha value is -2.07. The van der Waals surface area contributed by atoms with Crippen molar-refractivity contribution < 1.29 is 0 Å². The van der Waals surface area contributed by atoms with Gasteiger partial charge in [-0.15, -0.1) is 0 Å². The molecule has 0 bridgehead atoms. The Morgan fingerprint density at radius 3 is 3.14 bits per heavy atom. The predicted molar refractivity (Wildman–Crippen MR) is 84.3 cm³/mol. The van der Waals surface area contributed by atoms with E-state index in [4.69, 9.17) is 0 Å². The van der Waals surface area contributed by atoms with Crippen molar-refractivity contribution in [1.82, 2.24) is 19.9 Å². The van der Waals surface area contributed by atoms with Gasteiger partial charge in [-0.2, -0.15) is 0 Å².